The van der Waals surface area contributed by atoms with Crippen LogP contribution in [0, 0.1) is 17.5 Å². The maximum absolute atomic E-state index is 13.5. The average Bonchev–Trinajstić information content (AvgIpc) is 2.27. The minimum Gasteiger partial charge on any atom is -0.388 e. The molecule has 1 atom stereocenters. The maximum Gasteiger partial charge on any atom is 0.134 e. The lowest BCUT2D eigenvalue weighted by atomic mass is 10.0. The summed E-state index contributed by atoms with van der Waals surface area (Å²) in [7, 11) is 0. The quantitative estimate of drug-likeness (QED) is 0.903. The third-order valence-electron chi connectivity index (χ3n) is 2.70. The molecule has 0 saturated heterocycles. The molecule has 100 valence electrons. The van der Waals surface area contributed by atoms with Crippen molar-refractivity contribution in [3.05, 3.63) is 70.0 Å². The van der Waals surface area contributed by atoms with E-state index in [4.69, 9.17) is 11.6 Å². The van der Waals surface area contributed by atoms with Gasteiger partial charge in [-0.2, -0.15) is 0 Å². The van der Waals surface area contributed by atoms with Crippen molar-refractivity contribution < 1.29 is 18.3 Å². The van der Waals surface area contributed by atoms with Crippen molar-refractivity contribution in [3.8, 4) is 0 Å². The van der Waals surface area contributed by atoms with E-state index in [1.54, 1.807) is 24.3 Å². The standard InChI is InChI=1S/C14H10ClF3O/c15-9-3-1-2-8(4-9)5-13(19)14-11(17)6-10(16)7-12(14)18/h1-4,6-7,13,19H,5H2. The number of halogens is 4. The number of aliphatic hydroxyl groups is 1. The molecule has 0 fully saturated rings. The molecule has 1 N–H and O–H groups in total. The van der Waals surface area contributed by atoms with Gasteiger partial charge in [-0.25, -0.2) is 13.2 Å². The fourth-order valence-electron chi connectivity index (χ4n) is 1.86. The largest absolute Gasteiger partial charge is 0.388 e. The SMILES string of the molecule is OC(Cc1cccc(Cl)c1)c1c(F)cc(F)cc1F. The summed E-state index contributed by atoms with van der Waals surface area (Å²) in [5.41, 5.74) is 0.0875. The predicted octanol–water partition coefficient (Wildman–Crippen LogP) is 4.03. The topological polar surface area (TPSA) is 20.2 Å². The molecule has 19 heavy (non-hydrogen) atoms. The van der Waals surface area contributed by atoms with Gasteiger partial charge >= 0.3 is 0 Å². The summed E-state index contributed by atoms with van der Waals surface area (Å²) in [6, 6.07) is 7.66. The summed E-state index contributed by atoms with van der Waals surface area (Å²) in [5, 5.41) is 10.3. The van der Waals surface area contributed by atoms with Gasteiger partial charge in [0.05, 0.1) is 11.7 Å². The molecular weight excluding hydrogens is 277 g/mol. The van der Waals surface area contributed by atoms with Crippen LogP contribution in [0.1, 0.15) is 17.2 Å². The average molecular weight is 287 g/mol. The molecule has 0 spiro atoms. The third kappa shape index (κ3) is 3.28. The van der Waals surface area contributed by atoms with Crippen LogP contribution < -0.4 is 0 Å². The zero-order chi connectivity index (χ0) is 14.0. The summed E-state index contributed by atoms with van der Waals surface area (Å²) in [6.45, 7) is 0. The van der Waals surface area contributed by atoms with Gasteiger partial charge in [0.1, 0.15) is 17.5 Å². The van der Waals surface area contributed by atoms with Crippen LogP contribution in [-0.2, 0) is 6.42 Å². The van der Waals surface area contributed by atoms with Gasteiger partial charge in [0.25, 0.3) is 0 Å². The predicted molar refractivity (Wildman–Crippen MR) is 66.4 cm³/mol. The zero-order valence-electron chi connectivity index (χ0n) is 9.71. The molecule has 2 aromatic rings. The Morgan fingerprint density at radius 2 is 1.68 bits per heavy atom. The zero-order valence-corrected chi connectivity index (χ0v) is 10.5. The minimum absolute atomic E-state index is 0.0139. The number of aliphatic hydroxyl groups excluding tert-OH is 1. The van der Waals surface area contributed by atoms with Crippen molar-refractivity contribution in [1.82, 2.24) is 0 Å². The minimum atomic E-state index is -1.40. The van der Waals surface area contributed by atoms with Crippen molar-refractivity contribution in [2.45, 2.75) is 12.5 Å². The van der Waals surface area contributed by atoms with E-state index in [1.807, 2.05) is 0 Å². The second kappa shape index (κ2) is 5.63. The first kappa shape index (κ1) is 13.9. The van der Waals surface area contributed by atoms with Crippen molar-refractivity contribution in [1.29, 1.82) is 0 Å². The molecule has 1 unspecified atom stereocenters. The van der Waals surface area contributed by atoms with E-state index in [9.17, 15) is 18.3 Å². The third-order valence-corrected chi connectivity index (χ3v) is 2.93. The summed E-state index contributed by atoms with van der Waals surface area (Å²) in [6.07, 6.45) is -1.42. The molecule has 1 nitrogen and oxygen atoms in total. The van der Waals surface area contributed by atoms with Gasteiger partial charge in [0.15, 0.2) is 0 Å². The highest BCUT2D eigenvalue weighted by molar-refractivity contribution is 6.30. The molecule has 2 rings (SSSR count). The van der Waals surface area contributed by atoms with E-state index in [0.717, 1.165) is 0 Å². The Morgan fingerprint density at radius 1 is 1.05 bits per heavy atom. The first-order valence-electron chi connectivity index (χ1n) is 5.54. The summed E-state index contributed by atoms with van der Waals surface area (Å²) >= 11 is 5.78. The van der Waals surface area contributed by atoms with E-state index in [-0.39, 0.29) is 6.42 Å². The van der Waals surface area contributed by atoms with Gasteiger partial charge in [-0.15, -0.1) is 0 Å². The molecule has 0 bridgehead atoms. The molecule has 0 heterocycles. The van der Waals surface area contributed by atoms with Crippen LogP contribution in [0.15, 0.2) is 36.4 Å². The van der Waals surface area contributed by atoms with Crippen molar-refractivity contribution in [3.63, 3.8) is 0 Å². The molecule has 5 heteroatoms. The van der Waals surface area contributed by atoms with Gasteiger partial charge in [-0.3, -0.25) is 0 Å². The number of hydrogen-bond donors (Lipinski definition) is 1. The van der Waals surface area contributed by atoms with Gasteiger partial charge in [-0.05, 0) is 17.7 Å². The van der Waals surface area contributed by atoms with Gasteiger partial charge in [0, 0.05) is 23.6 Å². The second-order valence-electron chi connectivity index (χ2n) is 4.13. The van der Waals surface area contributed by atoms with E-state index >= 15 is 0 Å². The Morgan fingerprint density at radius 3 is 2.26 bits per heavy atom. The van der Waals surface area contributed by atoms with Crippen LogP contribution in [0.25, 0.3) is 0 Å². The molecule has 0 amide bonds. The lowest BCUT2D eigenvalue weighted by Crippen LogP contribution is -2.08. The summed E-state index contributed by atoms with van der Waals surface area (Å²) in [5.74, 6) is -3.23. The highest BCUT2D eigenvalue weighted by Gasteiger charge is 2.19. The van der Waals surface area contributed by atoms with Crippen LogP contribution in [0.5, 0.6) is 0 Å². The summed E-state index contributed by atoms with van der Waals surface area (Å²) < 4.78 is 39.7. The lowest BCUT2D eigenvalue weighted by Gasteiger charge is -2.13. The summed E-state index contributed by atoms with van der Waals surface area (Å²) in [4.78, 5) is 0. The molecule has 0 aliphatic rings. The van der Waals surface area contributed by atoms with E-state index in [1.165, 1.54) is 0 Å². The molecule has 2 aromatic carbocycles. The molecule has 0 aromatic heterocycles. The van der Waals surface area contributed by atoms with Crippen LogP contribution in [0.2, 0.25) is 5.02 Å². The highest BCUT2D eigenvalue weighted by atomic mass is 35.5. The Bertz CT molecular complexity index is 578. The normalized spacial score (nSPS) is 12.5. The lowest BCUT2D eigenvalue weighted by molar-refractivity contribution is 0.168. The first-order chi connectivity index (χ1) is 8.97. The van der Waals surface area contributed by atoms with Gasteiger partial charge < -0.3 is 5.11 Å². The number of hydrogen-bond acceptors (Lipinski definition) is 1. The van der Waals surface area contributed by atoms with Gasteiger partial charge in [0.2, 0.25) is 0 Å². The molecule has 0 aliphatic carbocycles. The Balaban J connectivity index is 2.28. The maximum atomic E-state index is 13.5. The van der Waals surface area contributed by atoms with Crippen LogP contribution in [0.4, 0.5) is 13.2 Å². The van der Waals surface area contributed by atoms with E-state index < -0.39 is 29.1 Å². The highest BCUT2D eigenvalue weighted by Crippen LogP contribution is 2.25. The van der Waals surface area contributed by atoms with Crippen molar-refractivity contribution >= 4 is 11.6 Å². The molecule has 0 saturated carbocycles. The molecule has 0 aliphatic heterocycles. The number of rotatable bonds is 3. The number of benzene rings is 2. The second-order valence-corrected chi connectivity index (χ2v) is 4.57. The Hall–Kier alpha value is -1.52. The molecule has 0 radical (unpaired) electrons. The fourth-order valence-corrected chi connectivity index (χ4v) is 2.07. The Labute approximate surface area is 113 Å². The van der Waals surface area contributed by atoms with Crippen molar-refractivity contribution in [2.24, 2.45) is 0 Å². The van der Waals surface area contributed by atoms with Crippen LogP contribution in [0.3, 0.4) is 0 Å². The first-order valence-corrected chi connectivity index (χ1v) is 5.92. The van der Waals surface area contributed by atoms with Crippen LogP contribution >= 0.6 is 11.6 Å². The van der Waals surface area contributed by atoms with Crippen LogP contribution in [-0.4, -0.2) is 5.11 Å². The molecular formula is C14H10ClF3O. The Kier molecular flexibility index (Phi) is 4.12. The van der Waals surface area contributed by atoms with E-state index in [2.05, 4.69) is 0 Å². The van der Waals surface area contributed by atoms with E-state index in [0.29, 0.717) is 22.7 Å². The van der Waals surface area contributed by atoms with Gasteiger partial charge in [-0.1, -0.05) is 23.7 Å². The van der Waals surface area contributed by atoms with Crippen molar-refractivity contribution in [2.75, 3.05) is 0 Å². The smallest absolute Gasteiger partial charge is 0.134 e. The monoisotopic (exact) mass is 286 g/mol. The fraction of sp³-hybridized carbons (Fsp3) is 0.143.